The Bertz CT molecular complexity index is 799. The highest BCUT2D eigenvalue weighted by molar-refractivity contribution is 7.30. The molecule has 0 aliphatic carbocycles. The third-order valence-corrected chi connectivity index (χ3v) is 13.5. The number of ether oxygens (including phenoxy) is 3. The van der Waals surface area contributed by atoms with Gasteiger partial charge in [-0.05, 0) is 37.5 Å². The van der Waals surface area contributed by atoms with E-state index >= 15 is 0 Å². The standard InChI is InChI=1S/C32H57O6PSi/c1-8-12-20-40(21-13-9-2,22-14-10-3)38-29(25-36-24-28-18-16-15-17-19-28)30(35-7)31(39-34)26(5)23-27(6)32(33)37-11-4/h15-19,23,26,29-31H,8-14,20-22,24-25,39H2,1-7H3/b27-23+/t26-,29+,30-,31+/m1/s1. The molecule has 5 atom stereocenters. The fourth-order valence-corrected chi connectivity index (χ4v) is 11.2. The number of allylic oxidation sites excluding steroid dienone is 1. The molecular weight excluding hydrogens is 539 g/mol. The van der Waals surface area contributed by atoms with Gasteiger partial charge >= 0.3 is 5.97 Å². The minimum Gasteiger partial charge on any atom is -0.683 e. The number of carbonyl (C=O) groups is 1. The van der Waals surface area contributed by atoms with Crippen molar-refractivity contribution in [2.75, 3.05) is 20.3 Å². The predicted octanol–water partition coefficient (Wildman–Crippen LogP) is 7.15. The highest BCUT2D eigenvalue weighted by Gasteiger charge is 2.42. The zero-order valence-electron chi connectivity index (χ0n) is 26.3. The van der Waals surface area contributed by atoms with Gasteiger partial charge in [-0.2, -0.15) is 0 Å². The van der Waals surface area contributed by atoms with Crippen LogP contribution in [0.3, 0.4) is 0 Å². The maximum Gasteiger partial charge on any atom is 0.333 e. The Morgan fingerprint density at radius 2 is 1.57 bits per heavy atom. The van der Waals surface area contributed by atoms with Gasteiger partial charge < -0.3 is 23.5 Å². The SMILES string of the molecule is CCCC[Si](CCCC)(CCCC)O[C@@H](COCc1ccccc1)[C@@H](OC)[C@@H]([PH2+][O-])[C@H](C)/C=C(\C)C(=O)OCC. The summed E-state index contributed by atoms with van der Waals surface area (Å²) in [5, 5.41) is 0. The van der Waals surface area contributed by atoms with E-state index in [0.29, 0.717) is 25.4 Å². The van der Waals surface area contributed by atoms with Crippen LogP contribution in [-0.4, -0.2) is 52.5 Å². The Balaban J connectivity index is 3.37. The van der Waals surface area contributed by atoms with Crippen molar-refractivity contribution >= 4 is 23.1 Å². The fraction of sp³-hybridized carbons (Fsp3) is 0.719. The van der Waals surface area contributed by atoms with E-state index in [1.54, 1.807) is 21.0 Å². The Kier molecular flexibility index (Phi) is 19.9. The first-order valence-corrected chi connectivity index (χ1v) is 19.1. The molecule has 1 aromatic carbocycles. The molecule has 1 aromatic rings. The maximum atomic E-state index is 12.8. The van der Waals surface area contributed by atoms with Gasteiger partial charge in [-0.3, -0.25) is 0 Å². The fourth-order valence-electron chi connectivity index (χ4n) is 5.31. The van der Waals surface area contributed by atoms with Gasteiger partial charge in [0, 0.05) is 18.6 Å². The van der Waals surface area contributed by atoms with E-state index in [2.05, 4.69) is 32.9 Å². The van der Waals surface area contributed by atoms with E-state index in [4.69, 9.17) is 18.6 Å². The molecule has 230 valence electrons. The highest BCUT2D eigenvalue weighted by Crippen LogP contribution is 2.35. The van der Waals surface area contributed by atoms with E-state index in [0.717, 1.165) is 62.2 Å². The van der Waals surface area contributed by atoms with E-state index < -0.39 is 23.2 Å². The first kappa shape index (κ1) is 36.9. The third kappa shape index (κ3) is 13.3. The normalized spacial score (nSPS) is 15.8. The number of benzene rings is 1. The number of methoxy groups -OCH3 is 1. The van der Waals surface area contributed by atoms with Crippen molar-refractivity contribution in [2.45, 2.75) is 123 Å². The zero-order chi connectivity index (χ0) is 29.8. The van der Waals surface area contributed by atoms with Crippen LogP contribution in [0.5, 0.6) is 0 Å². The third-order valence-electron chi connectivity index (χ3n) is 7.65. The molecule has 0 heterocycles. The molecule has 0 amide bonds. The van der Waals surface area contributed by atoms with Crippen LogP contribution < -0.4 is 4.89 Å². The number of hydrogen-bond acceptors (Lipinski definition) is 6. The van der Waals surface area contributed by atoms with Crippen LogP contribution in [0.1, 0.15) is 85.6 Å². The van der Waals surface area contributed by atoms with Gasteiger partial charge in [-0.1, -0.05) is 111 Å². The van der Waals surface area contributed by atoms with Crippen LogP contribution in [-0.2, 0) is 30.0 Å². The number of esters is 1. The molecule has 1 rings (SSSR count). The van der Waals surface area contributed by atoms with Crippen molar-refractivity contribution in [3.05, 3.63) is 47.5 Å². The molecule has 0 fully saturated rings. The number of rotatable bonds is 23. The summed E-state index contributed by atoms with van der Waals surface area (Å²) >= 11 is 0. The van der Waals surface area contributed by atoms with Gasteiger partial charge in [0.2, 0.25) is 0 Å². The monoisotopic (exact) mass is 596 g/mol. The summed E-state index contributed by atoms with van der Waals surface area (Å²) in [6.07, 6.45) is 8.01. The number of hydrogen-bond donors (Lipinski definition) is 0. The summed E-state index contributed by atoms with van der Waals surface area (Å²) in [4.78, 5) is 25.1. The lowest BCUT2D eigenvalue weighted by Gasteiger charge is -2.40. The van der Waals surface area contributed by atoms with Crippen LogP contribution in [0.15, 0.2) is 42.0 Å². The Labute approximate surface area is 247 Å². The lowest BCUT2D eigenvalue weighted by Crippen LogP contribution is -2.51. The van der Waals surface area contributed by atoms with E-state index in [1.807, 2.05) is 31.2 Å². The predicted molar refractivity (Wildman–Crippen MR) is 170 cm³/mol. The van der Waals surface area contributed by atoms with Gasteiger partial charge in [0.25, 0.3) is 0 Å². The summed E-state index contributed by atoms with van der Waals surface area (Å²) in [5.41, 5.74) is 1.33. The second-order valence-corrected chi connectivity index (χ2v) is 16.1. The van der Waals surface area contributed by atoms with Gasteiger partial charge in [0.1, 0.15) is 6.10 Å². The van der Waals surface area contributed by atoms with Crippen molar-refractivity contribution in [1.29, 1.82) is 0 Å². The van der Waals surface area contributed by atoms with E-state index in [9.17, 15) is 9.69 Å². The zero-order valence-corrected chi connectivity index (χ0v) is 28.4. The number of unbranched alkanes of at least 4 members (excludes halogenated alkanes) is 3. The summed E-state index contributed by atoms with van der Waals surface area (Å²) in [5.74, 6) is -0.493. The summed E-state index contributed by atoms with van der Waals surface area (Å²) in [7, 11) is -1.64. The van der Waals surface area contributed by atoms with Crippen molar-refractivity contribution in [3.8, 4) is 0 Å². The smallest absolute Gasteiger partial charge is 0.333 e. The quantitative estimate of drug-likeness (QED) is 0.0578. The minimum absolute atomic E-state index is 0.153. The lowest BCUT2D eigenvalue weighted by molar-refractivity contribution is -0.157. The van der Waals surface area contributed by atoms with Crippen molar-refractivity contribution < 1.29 is 28.3 Å². The molecule has 0 saturated carbocycles. The van der Waals surface area contributed by atoms with Crippen LogP contribution in [0.2, 0.25) is 18.1 Å². The van der Waals surface area contributed by atoms with Crippen LogP contribution in [0, 0.1) is 5.92 Å². The molecule has 1 unspecified atom stereocenters. The van der Waals surface area contributed by atoms with E-state index in [1.165, 1.54) is 0 Å². The molecule has 0 radical (unpaired) electrons. The summed E-state index contributed by atoms with van der Waals surface area (Å²) in [6, 6.07) is 13.5. The molecule has 0 aliphatic rings. The molecule has 0 saturated heterocycles. The van der Waals surface area contributed by atoms with Crippen LogP contribution in [0.25, 0.3) is 0 Å². The van der Waals surface area contributed by atoms with Crippen molar-refractivity contribution in [1.82, 2.24) is 0 Å². The second kappa shape index (κ2) is 21.6. The lowest BCUT2D eigenvalue weighted by atomic mass is 9.97. The Hall–Kier alpha value is -1.08. The van der Waals surface area contributed by atoms with Crippen molar-refractivity contribution in [3.63, 3.8) is 0 Å². The molecule has 8 heteroatoms. The second-order valence-electron chi connectivity index (χ2n) is 11.0. The summed E-state index contributed by atoms with van der Waals surface area (Å²) in [6.45, 7) is 13.5. The van der Waals surface area contributed by atoms with Crippen LogP contribution >= 0.6 is 8.81 Å². The largest absolute Gasteiger partial charge is 0.683 e. The van der Waals surface area contributed by atoms with Gasteiger partial charge in [0.05, 0.1) is 31.6 Å². The topological polar surface area (TPSA) is 77.0 Å². The van der Waals surface area contributed by atoms with E-state index in [-0.39, 0.29) is 23.7 Å². The van der Waals surface area contributed by atoms with Gasteiger partial charge in [-0.15, -0.1) is 0 Å². The number of carbonyl (C=O) groups excluding carboxylic acids is 1. The Morgan fingerprint density at radius 1 is 1.00 bits per heavy atom. The average Bonchev–Trinajstić information content (AvgIpc) is 2.96. The Morgan fingerprint density at radius 3 is 2.05 bits per heavy atom. The molecule has 0 spiro atoms. The van der Waals surface area contributed by atoms with Gasteiger partial charge in [0.15, 0.2) is 8.32 Å². The molecule has 0 aliphatic heterocycles. The maximum absolute atomic E-state index is 12.8. The molecule has 0 N–H and O–H groups in total. The minimum atomic E-state index is -2.13. The summed E-state index contributed by atoms with van der Waals surface area (Å²) < 4.78 is 24.9. The molecular formula is C32H57O6PSi. The highest BCUT2D eigenvalue weighted by atomic mass is 31.1. The molecule has 6 nitrogen and oxygen atoms in total. The first-order valence-electron chi connectivity index (χ1n) is 15.4. The van der Waals surface area contributed by atoms with Gasteiger partial charge in [-0.25, -0.2) is 4.79 Å². The van der Waals surface area contributed by atoms with Crippen molar-refractivity contribution in [2.24, 2.45) is 5.92 Å². The molecule has 0 aromatic heterocycles. The first-order chi connectivity index (χ1) is 19.3. The van der Waals surface area contributed by atoms with Crippen LogP contribution in [0.4, 0.5) is 0 Å². The average molecular weight is 597 g/mol. The molecule has 40 heavy (non-hydrogen) atoms. The molecule has 0 bridgehead atoms.